The summed E-state index contributed by atoms with van der Waals surface area (Å²) in [4.78, 5) is 29.6. The van der Waals surface area contributed by atoms with E-state index in [0.717, 1.165) is 23.0 Å². The maximum atomic E-state index is 11.6. The van der Waals surface area contributed by atoms with E-state index in [1.54, 1.807) is 18.3 Å². The molecule has 0 saturated carbocycles. The summed E-state index contributed by atoms with van der Waals surface area (Å²) in [6, 6.07) is 20.3. The van der Waals surface area contributed by atoms with Gasteiger partial charge in [-0.05, 0) is 73.7 Å². The number of nitrogens with zero attached hydrogens (tertiary/aromatic N) is 2. The molecule has 0 amide bonds. The molecular formula is C27H21N3O5S. The van der Waals surface area contributed by atoms with Gasteiger partial charge in [-0.15, -0.1) is 0 Å². The number of hydrogen-bond donors (Lipinski definition) is 3. The van der Waals surface area contributed by atoms with Crippen LogP contribution < -0.4 is 10.2 Å². The minimum absolute atomic E-state index is 0.140. The first kappa shape index (κ1) is 23.3. The van der Waals surface area contributed by atoms with Crippen molar-refractivity contribution in [3.8, 4) is 11.3 Å². The van der Waals surface area contributed by atoms with Gasteiger partial charge >= 0.3 is 11.9 Å². The fraction of sp³-hybridized carbons (Fsp3) is 0.111. The number of carbonyl (C=O) groups is 2. The molecule has 5 rings (SSSR count). The number of aromatic carboxylic acids is 2. The predicted molar refractivity (Wildman–Crippen MR) is 137 cm³/mol. The molecule has 0 radical (unpaired) electrons. The third-order valence-corrected chi connectivity index (χ3v) is 6.35. The van der Waals surface area contributed by atoms with Gasteiger partial charge in [0.25, 0.3) is 0 Å². The highest BCUT2D eigenvalue weighted by Gasteiger charge is 2.42. The first-order valence-electron chi connectivity index (χ1n) is 11.1. The zero-order valence-corrected chi connectivity index (χ0v) is 19.9. The fourth-order valence-corrected chi connectivity index (χ4v) is 4.66. The summed E-state index contributed by atoms with van der Waals surface area (Å²) in [6.07, 6.45) is 1.71. The molecule has 0 bridgehead atoms. The van der Waals surface area contributed by atoms with E-state index in [0.29, 0.717) is 22.2 Å². The Morgan fingerprint density at radius 1 is 0.972 bits per heavy atom. The van der Waals surface area contributed by atoms with Gasteiger partial charge in [0, 0.05) is 17.4 Å². The van der Waals surface area contributed by atoms with Gasteiger partial charge in [-0.3, -0.25) is 4.98 Å². The van der Waals surface area contributed by atoms with E-state index in [1.165, 1.54) is 12.1 Å². The van der Waals surface area contributed by atoms with Crippen molar-refractivity contribution in [3.63, 3.8) is 0 Å². The van der Waals surface area contributed by atoms with E-state index in [2.05, 4.69) is 10.3 Å². The molecule has 1 fully saturated rings. The van der Waals surface area contributed by atoms with Gasteiger partial charge < -0.3 is 24.8 Å². The van der Waals surface area contributed by atoms with E-state index < -0.39 is 18.0 Å². The van der Waals surface area contributed by atoms with Gasteiger partial charge in [-0.1, -0.05) is 23.8 Å². The van der Waals surface area contributed by atoms with Gasteiger partial charge in [-0.25, -0.2) is 9.59 Å². The van der Waals surface area contributed by atoms with Crippen molar-refractivity contribution in [3.05, 3.63) is 107 Å². The number of aromatic nitrogens is 1. The second kappa shape index (κ2) is 9.27. The molecule has 9 heteroatoms. The van der Waals surface area contributed by atoms with Crippen molar-refractivity contribution in [1.82, 2.24) is 10.3 Å². The van der Waals surface area contributed by atoms with E-state index in [9.17, 15) is 19.8 Å². The molecule has 2 atom stereocenters. The molecule has 1 aliphatic heterocycles. The SMILES string of the molecule is Cc1ccc(N2C(=S)N[C@@H](c3ccccn3)[C@H]2c2ccc(-c3cc(C(=O)O)cc(C(=O)O)c3)o2)cc1. The Morgan fingerprint density at radius 2 is 1.67 bits per heavy atom. The largest absolute Gasteiger partial charge is 0.478 e. The molecule has 180 valence electrons. The lowest BCUT2D eigenvalue weighted by Crippen LogP contribution is -2.29. The lowest BCUT2D eigenvalue weighted by molar-refractivity contribution is 0.0696. The Kier molecular flexibility index (Phi) is 5.99. The number of nitrogens with one attached hydrogen (secondary N) is 1. The molecule has 4 aromatic rings. The summed E-state index contributed by atoms with van der Waals surface area (Å²) >= 11 is 5.72. The number of carboxylic acids is 2. The number of benzene rings is 2. The number of rotatable bonds is 6. The topological polar surface area (TPSA) is 116 Å². The molecule has 3 N–H and O–H groups in total. The van der Waals surface area contributed by atoms with Crippen LogP contribution in [-0.4, -0.2) is 32.2 Å². The standard InChI is InChI=1S/C27H21N3O5S/c1-15-5-7-19(8-6-15)30-24(23(29-27(30)36)20-4-2-3-11-28-20)22-10-9-21(35-22)16-12-17(25(31)32)14-18(13-16)26(33)34/h2-14,23-24H,1H3,(H,29,36)(H,31,32)(H,33,34)/t23-,24+/m0/s1. The summed E-state index contributed by atoms with van der Waals surface area (Å²) in [5.74, 6) is -1.54. The smallest absolute Gasteiger partial charge is 0.335 e. The lowest BCUT2D eigenvalue weighted by Gasteiger charge is -2.26. The second-order valence-corrected chi connectivity index (χ2v) is 8.83. The summed E-state index contributed by atoms with van der Waals surface area (Å²) in [7, 11) is 0. The summed E-state index contributed by atoms with van der Waals surface area (Å²) in [6.45, 7) is 2.01. The van der Waals surface area contributed by atoms with Crippen LogP contribution in [0.3, 0.4) is 0 Å². The van der Waals surface area contributed by atoms with Crippen LogP contribution in [0, 0.1) is 6.92 Å². The van der Waals surface area contributed by atoms with E-state index in [4.69, 9.17) is 16.6 Å². The Bertz CT molecular complexity index is 1430. The average Bonchev–Trinajstić information content (AvgIpc) is 3.49. The molecule has 2 aromatic carbocycles. The molecule has 2 aromatic heterocycles. The number of hydrogen-bond acceptors (Lipinski definition) is 5. The summed E-state index contributed by atoms with van der Waals surface area (Å²) < 4.78 is 6.24. The zero-order valence-electron chi connectivity index (χ0n) is 19.1. The van der Waals surface area contributed by atoms with Crippen LogP contribution in [-0.2, 0) is 0 Å². The maximum Gasteiger partial charge on any atom is 0.335 e. The van der Waals surface area contributed by atoms with Crippen LogP contribution in [0.25, 0.3) is 11.3 Å². The third-order valence-electron chi connectivity index (χ3n) is 6.04. The average molecular weight is 500 g/mol. The van der Waals surface area contributed by atoms with E-state index >= 15 is 0 Å². The van der Waals surface area contributed by atoms with Crippen molar-refractivity contribution in [2.45, 2.75) is 19.0 Å². The molecule has 0 spiro atoms. The van der Waals surface area contributed by atoms with Crippen LogP contribution in [0.5, 0.6) is 0 Å². The van der Waals surface area contributed by atoms with Crippen molar-refractivity contribution in [1.29, 1.82) is 0 Å². The lowest BCUT2D eigenvalue weighted by atomic mass is 10.0. The first-order valence-corrected chi connectivity index (χ1v) is 11.5. The maximum absolute atomic E-state index is 11.6. The highest BCUT2D eigenvalue weighted by Crippen LogP contribution is 2.43. The van der Waals surface area contributed by atoms with Crippen molar-refractivity contribution < 1.29 is 24.2 Å². The Hall–Kier alpha value is -4.50. The second-order valence-electron chi connectivity index (χ2n) is 8.44. The molecule has 3 heterocycles. The summed E-state index contributed by atoms with van der Waals surface area (Å²) in [5.41, 5.74) is 2.84. The number of aryl methyl sites for hydroxylation is 1. The van der Waals surface area contributed by atoms with Crippen molar-refractivity contribution in [2.75, 3.05) is 4.90 Å². The van der Waals surface area contributed by atoms with Crippen LogP contribution in [0.15, 0.2) is 83.4 Å². The minimum Gasteiger partial charge on any atom is -0.478 e. The number of anilines is 1. The molecule has 1 saturated heterocycles. The summed E-state index contributed by atoms with van der Waals surface area (Å²) in [5, 5.41) is 22.8. The fourth-order valence-electron chi connectivity index (χ4n) is 4.31. The van der Waals surface area contributed by atoms with Crippen LogP contribution >= 0.6 is 12.2 Å². The first-order chi connectivity index (χ1) is 17.3. The van der Waals surface area contributed by atoms with Gasteiger partial charge in [-0.2, -0.15) is 0 Å². The van der Waals surface area contributed by atoms with E-state index in [-0.39, 0.29) is 17.2 Å². The quantitative estimate of drug-likeness (QED) is 0.307. The van der Waals surface area contributed by atoms with E-state index in [1.807, 2.05) is 54.3 Å². The monoisotopic (exact) mass is 499 g/mol. The number of furan rings is 1. The van der Waals surface area contributed by atoms with Gasteiger partial charge in [0.15, 0.2) is 5.11 Å². The normalized spacial score (nSPS) is 17.1. The van der Waals surface area contributed by atoms with Crippen LogP contribution in [0.4, 0.5) is 5.69 Å². The number of pyridine rings is 1. The van der Waals surface area contributed by atoms with Crippen LogP contribution in [0.2, 0.25) is 0 Å². The van der Waals surface area contributed by atoms with Crippen LogP contribution in [0.1, 0.15) is 49.8 Å². The highest BCUT2D eigenvalue weighted by atomic mass is 32.1. The van der Waals surface area contributed by atoms with Gasteiger partial charge in [0.05, 0.1) is 22.9 Å². The molecular weight excluding hydrogens is 478 g/mol. The number of carboxylic acid groups (broad SMARTS) is 2. The van der Waals surface area contributed by atoms with Gasteiger partial charge in [0.2, 0.25) is 0 Å². The molecule has 1 aliphatic rings. The van der Waals surface area contributed by atoms with Crippen molar-refractivity contribution in [2.24, 2.45) is 0 Å². The Labute approximate surface area is 211 Å². The number of thiocarbonyl (C=S) groups is 1. The van der Waals surface area contributed by atoms with Gasteiger partial charge in [0.1, 0.15) is 17.6 Å². The minimum atomic E-state index is -1.22. The highest BCUT2D eigenvalue weighted by molar-refractivity contribution is 7.80. The molecule has 0 unspecified atom stereocenters. The molecule has 0 aliphatic carbocycles. The Morgan fingerprint density at radius 3 is 2.28 bits per heavy atom. The zero-order chi connectivity index (χ0) is 25.4. The van der Waals surface area contributed by atoms with Crippen molar-refractivity contribution >= 4 is 35.0 Å². The Balaban J connectivity index is 1.61. The molecule has 36 heavy (non-hydrogen) atoms. The predicted octanol–water partition coefficient (Wildman–Crippen LogP) is 5.22. The third kappa shape index (κ3) is 4.32. The molecule has 8 nitrogen and oxygen atoms in total.